The van der Waals surface area contributed by atoms with Gasteiger partial charge in [0.05, 0.1) is 13.5 Å². The van der Waals surface area contributed by atoms with Crippen LogP contribution in [0.15, 0.2) is 42.5 Å². The van der Waals surface area contributed by atoms with Gasteiger partial charge in [0, 0.05) is 6.54 Å². The molecule has 7 heteroatoms. The van der Waals surface area contributed by atoms with Crippen LogP contribution < -0.4 is 10.1 Å². The van der Waals surface area contributed by atoms with E-state index in [1.807, 2.05) is 0 Å². The smallest absolute Gasteiger partial charge is 0.310 e. The second-order valence-corrected chi connectivity index (χ2v) is 5.21. The molecule has 0 saturated carbocycles. The van der Waals surface area contributed by atoms with E-state index in [2.05, 4.69) is 5.32 Å². The van der Waals surface area contributed by atoms with E-state index >= 15 is 0 Å². The third-order valence-electron chi connectivity index (χ3n) is 3.33. The summed E-state index contributed by atoms with van der Waals surface area (Å²) in [4.78, 5) is 23.3. The number of carbonyl (C=O) groups excluding carboxylic acids is 2. The molecule has 0 saturated heterocycles. The minimum atomic E-state index is -0.651. The van der Waals surface area contributed by atoms with E-state index in [0.717, 1.165) is 5.56 Å². The fourth-order valence-corrected chi connectivity index (χ4v) is 2.04. The van der Waals surface area contributed by atoms with Gasteiger partial charge in [-0.15, -0.1) is 0 Å². The number of rotatable bonds is 7. The van der Waals surface area contributed by atoms with Crippen molar-refractivity contribution in [3.63, 3.8) is 0 Å². The highest BCUT2D eigenvalue weighted by molar-refractivity contribution is 5.81. The molecule has 1 N–H and O–H groups in total. The summed E-state index contributed by atoms with van der Waals surface area (Å²) in [5, 5.41) is 2.55. The Morgan fingerprint density at radius 1 is 1.04 bits per heavy atom. The van der Waals surface area contributed by atoms with Gasteiger partial charge in [0.15, 0.2) is 18.2 Å². The van der Waals surface area contributed by atoms with Crippen LogP contribution >= 0.6 is 0 Å². The summed E-state index contributed by atoms with van der Waals surface area (Å²) in [5.74, 6) is -2.00. The van der Waals surface area contributed by atoms with Crippen molar-refractivity contribution in [1.82, 2.24) is 5.32 Å². The molecule has 0 unspecified atom stereocenters. The molecule has 2 aromatic rings. The van der Waals surface area contributed by atoms with Gasteiger partial charge >= 0.3 is 5.97 Å². The molecule has 25 heavy (non-hydrogen) atoms. The first-order valence-corrected chi connectivity index (χ1v) is 7.47. The monoisotopic (exact) mass is 349 g/mol. The Morgan fingerprint density at radius 3 is 2.36 bits per heavy atom. The second-order valence-electron chi connectivity index (χ2n) is 5.21. The van der Waals surface area contributed by atoms with Crippen LogP contribution in [0.1, 0.15) is 11.1 Å². The van der Waals surface area contributed by atoms with Crippen molar-refractivity contribution in [2.75, 3.05) is 13.7 Å². The molecule has 2 rings (SSSR count). The van der Waals surface area contributed by atoms with Crippen LogP contribution in [0.2, 0.25) is 0 Å². The van der Waals surface area contributed by atoms with Crippen molar-refractivity contribution >= 4 is 11.9 Å². The largest absolute Gasteiger partial charge is 0.494 e. The van der Waals surface area contributed by atoms with Crippen molar-refractivity contribution in [2.24, 2.45) is 0 Å². The van der Waals surface area contributed by atoms with Gasteiger partial charge in [0.1, 0.15) is 5.82 Å². The van der Waals surface area contributed by atoms with Gasteiger partial charge in [0.25, 0.3) is 5.91 Å². The minimum Gasteiger partial charge on any atom is -0.494 e. The number of esters is 1. The fraction of sp³-hybridized carbons (Fsp3) is 0.222. The summed E-state index contributed by atoms with van der Waals surface area (Å²) < 4.78 is 35.9. The van der Waals surface area contributed by atoms with Gasteiger partial charge < -0.3 is 14.8 Å². The number of amides is 1. The lowest BCUT2D eigenvalue weighted by atomic mass is 10.1. The maximum absolute atomic E-state index is 13.5. The predicted molar refractivity (Wildman–Crippen MR) is 85.9 cm³/mol. The SMILES string of the molecule is COc1ccc(CC(=O)OCC(=O)NCc2ccc(F)cc2)cc1F. The summed E-state index contributed by atoms with van der Waals surface area (Å²) in [7, 11) is 1.34. The van der Waals surface area contributed by atoms with Crippen LogP contribution in [0.4, 0.5) is 8.78 Å². The van der Waals surface area contributed by atoms with Crippen LogP contribution in [-0.4, -0.2) is 25.6 Å². The highest BCUT2D eigenvalue weighted by atomic mass is 19.1. The molecule has 0 aliphatic heterocycles. The number of hydrogen-bond acceptors (Lipinski definition) is 4. The van der Waals surface area contributed by atoms with Crippen molar-refractivity contribution in [3.8, 4) is 5.75 Å². The second kappa shape index (κ2) is 8.77. The Morgan fingerprint density at radius 2 is 1.72 bits per heavy atom. The van der Waals surface area contributed by atoms with E-state index < -0.39 is 24.3 Å². The zero-order valence-corrected chi connectivity index (χ0v) is 13.6. The lowest BCUT2D eigenvalue weighted by molar-refractivity contribution is -0.147. The quantitative estimate of drug-likeness (QED) is 0.780. The summed E-state index contributed by atoms with van der Waals surface area (Å²) >= 11 is 0. The summed E-state index contributed by atoms with van der Waals surface area (Å²) in [6.07, 6.45) is -0.161. The van der Waals surface area contributed by atoms with E-state index in [0.29, 0.717) is 5.56 Å². The Hall–Kier alpha value is -2.96. The maximum atomic E-state index is 13.5. The topological polar surface area (TPSA) is 64.6 Å². The van der Waals surface area contributed by atoms with Crippen molar-refractivity contribution in [1.29, 1.82) is 0 Å². The predicted octanol–water partition coefficient (Wildman–Crippen LogP) is 2.38. The first-order valence-electron chi connectivity index (χ1n) is 7.47. The van der Waals surface area contributed by atoms with Crippen LogP contribution in [0.3, 0.4) is 0 Å². The molecule has 2 aromatic carbocycles. The van der Waals surface area contributed by atoms with Crippen LogP contribution in [0.5, 0.6) is 5.75 Å². The molecule has 0 bridgehead atoms. The minimum absolute atomic E-state index is 0.0808. The van der Waals surface area contributed by atoms with E-state index in [1.54, 1.807) is 12.1 Å². The molecule has 0 aliphatic carbocycles. The lowest BCUT2D eigenvalue weighted by Crippen LogP contribution is -2.28. The first-order chi connectivity index (χ1) is 12.0. The fourth-order valence-electron chi connectivity index (χ4n) is 2.04. The van der Waals surface area contributed by atoms with Gasteiger partial charge in [-0.3, -0.25) is 9.59 Å². The van der Waals surface area contributed by atoms with E-state index in [4.69, 9.17) is 9.47 Å². The molecule has 0 atom stereocenters. The van der Waals surface area contributed by atoms with E-state index in [-0.39, 0.29) is 24.5 Å². The highest BCUT2D eigenvalue weighted by Crippen LogP contribution is 2.18. The van der Waals surface area contributed by atoms with Crippen LogP contribution in [0.25, 0.3) is 0 Å². The Labute approximate surface area is 143 Å². The number of halogens is 2. The molecule has 0 aliphatic rings. The van der Waals surface area contributed by atoms with Crippen molar-refractivity contribution in [2.45, 2.75) is 13.0 Å². The molecule has 0 fully saturated rings. The molecule has 132 valence electrons. The van der Waals surface area contributed by atoms with Gasteiger partial charge in [-0.2, -0.15) is 0 Å². The Balaban J connectivity index is 1.74. The molecule has 0 heterocycles. The van der Waals surface area contributed by atoms with Gasteiger partial charge in [0.2, 0.25) is 0 Å². The van der Waals surface area contributed by atoms with E-state index in [1.165, 1.54) is 37.4 Å². The van der Waals surface area contributed by atoms with Crippen LogP contribution in [0, 0.1) is 11.6 Å². The van der Waals surface area contributed by atoms with Crippen LogP contribution in [-0.2, 0) is 27.3 Å². The molecule has 0 radical (unpaired) electrons. The normalized spacial score (nSPS) is 10.2. The zero-order chi connectivity index (χ0) is 18.2. The number of ether oxygens (including phenoxy) is 2. The van der Waals surface area contributed by atoms with Gasteiger partial charge in [-0.1, -0.05) is 18.2 Å². The third kappa shape index (κ3) is 5.87. The molecule has 0 aromatic heterocycles. The summed E-state index contributed by atoms with van der Waals surface area (Å²) in [5.41, 5.74) is 1.13. The van der Waals surface area contributed by atoms with E-state index in [9.17, 15) is 18.4 Å². The van der Waals surface area contributed by atoms with Gasteiger partial charge in [-0.25, -0.2) is 8.78 Å². The van der Waals surface area contributed by atoms with Gasteiger partial charge in [-0.05, 0) is 35.4 Å². The highest BCUT2D eigenvalue weighted by Gasteiger charge is 2.11. The molecule has 1 amide bonds. The summed E-state index contributed by atoms with van der Waals surface area (Å²) in [6, 6.07) is 9.78. The average molecular weight is 349 g/mol. The van der Waals surface area contributed by atoms with Crippen molar-refractivity contribution in [3.05, 3.63) is 65.2 Å². The maximum Gasteiger partial charge on any atom is 0.310 e. The Bertz CT molecular complexity index is 747. The molecule has 5 nitrogen and oxygen atoms in total. The molecule has 0 spiro atoms. The number of nitrogens with one attached hydrogen (secondary N) is 1. The lowest BCUT2D eigenvalue weighted by Gasteiger charge is -2.08. The number of benzene rings is 2. The summed E-state index contributed by atoms with van der Waals surface area (Å²) in [6.45, 7) is -0.251. The third-order valence-corrected chi connectivity index (χ3v) is 3.33. The zero-order valence-electron chi connectivity index (χ0n) is 13.6. The molecular formula is C18H17F2NO4. The number of carbonyl (C=O) groups is 2. The Kier molecular flexibility index (Phi) is 6.45. The average Bonchev–Trinajstić information content (AvgIpc) is 2.59. The number of hydrogen-bond donors (Lipinski definition) is 1. The first kappa shape index (κ1) is 18.4. The van der Waals surface area contributed by atoms with Crippen molar-refractivity contribution < 1.29 is 27.8 Å². The molecular weight excluding hydrogens is 332 g/mol. The number of methoxy groups -OCH3 is 1. The standard InChI is InChI=1S/C18H17F2NO4/c1-24-16-7-4-13(8-15(16)20)9-18(23)25-11-17(22)21-10-12-2-5-14(19)6-3-12/h2-8H,9-11H2,1H3,(H,21,22).